The van der Waals surface area contributed by atoms with Crippen LogP contribution < -0.4 is 10.2 Å². The van der Waals surface area contributed by atoms with Crippen LogP contribution >= 0.6 is 24.0 Å². The van der Waals surface area contributed by atoms with E-state index in [4.69, 9.17) is 0 Å². The largest absolute Gasteiger partial charge is 0.357 e. The highest BCUT2D eigenvalue weighted by atomic mass is 127. The average Bonchev–Trinajstić information content (AvgIpc) is 3.19. The Kier molecular flexibility index (Phi) is 8.27. The zero-order valence-corrected chi connectivity index (χ0v) is 18.2. The first-order valence-electron chi connectivity index (χ1n) is 9.02. The van der Waals surface area contributed by atoms with Crippen LogP contribution in [0.4, 0.5) is 10.2 Å². The Morgan fingerprint density at radius 2 is 1.81 bits per heavy atom. The smallest absolute Gasteiger partial charge is 0.193 e. The molecular formula is C20H27FIN5. The van der Waals surface area contributed by atoms with Crippen molar-refractivity contribution in [2.75, 3.05) is 32.1 Å². The summed E-state index contributed by atoms with van der Waals surface area (Å²) in [5.41, 5.74) is 2.15. The number of guanidine groups is 1. The van der Waals surface area contributed by atoms with E-state index in [0.29, 0.717) is 13.1 Å². The SMILES string of the molecule is CN=C(NCc1ccc(N2CCCC2)nc1)N(C)Cc1ccc(F)cc1.I. The number of hydrogen-bond donors (Lipinski definition) is 1. The zero-order chi connectivity index (χ0) is 18.4. The van der Waals surface area contributed by atoms with E-state index in [2.05, 4.69) is 32.3 Å². The number of aliphatic imine (C=N–C) groups is 1. The number of benzene rings is 1. The fourth-order valence-electron chi connectivity index (χ4n) is 3.16. The molecule has 0 saturated carbocycles. The van der Waals surface area contributed by atoms with Crippen LogP contribution in [-0.2, 0) is 13.1 Å². The van der Waals surface area contributed by atoms with Gasteiger partial charge in [-0.15, -0.1) is 24.0 Å². The van der Waals surface area contributed by atoms with Crippen molar-refractivity contribution in [3.05, 3.63) is 59.5 Å². The number of pyridine rings is 1. The van der Waals surface area contributed by atoms with Crippen LogP contribution in [0.5, 0.6) is 0 Å². The Balaban J connectivity index is 0.00000261. The van der Waals surface area contributed by atoms with Gasteiger partial charge in [-0.2, -0.15) is 0 Å². The Morgan fingerprint density at radius 1 is 1.15 bits per heavy atom. The summed E-state index contributed by atoms with van der Waals surface area (Å²) in [5, 5.41) is 3.35. The molecule has 1 aliphatic rings. The summed E-state index contributed by atoms with van der Waals surface area (Å²) in [6.07, 6.45) is 4.43. The normalized spacial score (nSPS) is 14.0. The number of rotatable bonds is 5. The molecule has 1 fully saturated rings. The van der Waals surface area contributed by atoms with Gasteiger partial charge in [-0.1, -0.05) is 18.2 Å². The van der Waals surface area contributed by atoms with Gasteiger partial charge in [-0.25, -0.2) is 9.37 Å². The summed E-state index contributed by atoms with van der Waals surface area (Å²) in [4.78, 5) is 13.2. The highest BCUT2D eigenvalue weighted by Gasteiger charge is 2.13. The number of nitrogens with zero attached hydrogens (tertiary/aromatic N) is 4. The van der Waals surface area contributed by atoms with E-state index in [0.717, 1.165) is 36.0 Å². The van der Waals surface area contributed by atoms with Crippen LogP contribution in [0, 0.1) is 5.82 Å². The lowest BCUT2D eigenvalue weighted by molar-refractivity contribution is 0.476. The molecule has 0 spiro atoms. The second-order valence-corrected chi connectivity index (χ2v) is 6.60. The fraction of sp³-hybridized carbons (Fsp3) is 0.400. The van der Waals surface area contributed by atoms with E-state index in [9.17, 15) is 4.39 Å². The monoisotopic (exact) mass is 483 g/mol. The first-order chi connectivity index (χ1) is 12.7. The van der Waals surface area contributed by atoms with Gasteiger partial charge < -0.3 is 15.1 Å². The molecule has 3 rings (SSSR count). The second kappa shape index (κ2) is 10.4. The minimum atomic E-state index is -0.219. The van der Waals surface area contributed by atoms with Crippen molar-refractivity contribution in [1.82, 2.24) is 15.2 Å². The maximum absolute atomic E-state index is 13.0. The Bertz CT molecular complexity index is 727. The zero-order valence-electron chi connectivity index (χ0n) is 15.9. The lowest BCUT2D eigenvalue weighted by Gasteiger charge is -2.22. The average molecular weight is 483 g/mol. The summed E-state index contributed by atoms with van der Waals surface area (Å²) >= 11 is 0. The highest BCUT2D eigenvalue weighted by molar-refractivity contribution is 14.0. The molecule has 5 nitrogen and oxygen atoms in total. The van der Waals surface area contributed by atoms with Gasteiger partial charge >= 0.3 is 0 Å². The van der Waals surface area contributed by atoms with Gasteiger partial charge in [-0.3, -0.25) is 4.99 Å². The Hall–Kier alpha value is -1.90. The molecule has 2 aromatic rings. The lowest BCUT2D eigenvalue weighted by atomic mass is 10.2. The van der Waals surface area contributed by atoms with Gasteiger partial charge in [0.05, 0.1) is 0 Å². The van der Waals surface area contributed by atoms with E-state index >= 15 is 0 Å². The third-order valence-electron chi connectivity index (χ3n) is 4.60. The van der Waals surface area contributed by atoms with Crippen LogP contribution in [0.2, 0.25) is 0 Å². The first-order valence-corrected chi connectivity index (χ1v) is 9.02. The molecule has 0 unspecified atom stereocenters. The number of anilines is 1. The maximum atomic E-state index is 13.0. The molecule has 0 bridgehead atoms. The van der Waals surface area contributed by atoms with Gasteiger partial charge in [0.1, 0.15) is 11.6 Å². The molecule has 0 atom stereocenters. The predicted molar refractivity (Wildman–Crippen MR) is 119 cm³/mol. The number of aromatic nitrogens is 1. The van der Waals surface area contributed by atoms with Crippen LogP contribution in [0.15, 0.2) is 47.6 Å². The molecular weight excluding hydrogens is 456 g/mol. The molecule has 1 saturated heterocycles. The Morgan fingerprint density at radius 3 is 2.41 bits per heavy atom. The molecule has 1 aromatic heterocycles. The van der Waals surface area contributed by atoms with Crippen molar-refractivity contribution in [2.45, 2.75) is 25.9 Å². The Labute approximate surface area is 177 Å². The summed E-state index contributed by atoms with van der Waals surface area (Å²) in [5.74, 6) is 1.63. The van der Waals surface area contributed by atoms with Gasteiger partial charge in [-0.05, 0) is 42.2 Å². The molecule has 0 aliphatic carbocycles. The van der Waals surface area contributed by atoms with Crippen LogP contribution in [-0.4, -0.2) is 43.0 Å². The quantitative estimate of drug-likeness (QED) is 0.401. The van der Waals surface area contributed by atoms with Crippen molar-refractivity contribution in [3.63, 3.8) is 0 Å². The topological polar surface area (TPSA) is 43.8 Å². The molecule has 27 heavy (non-hydrogen) atoms. The molecule has 0 amide bonds. The van der Waals surface area contributed by atoms with E-state index in [-0.39, 0.29) is 29.8 Å². The maximum Gasteiger partial charge on any atom is 0.193 e. The summed E-state index contributed by atoms with van der Waals surface area (Å²) in [7, 11) is 3.73. The van der Waals surface area contributed by atoms with E-state index in [1.807, 2.05) is 18.1 Å². The third-order valence-corrected chi connectivity index (χ3v) is 4.60. The number of hydrogen-bond acceptors (Lipinski definition) is 3. The second-order valence-electron chi connectivity index (χ2n) is 6.60. The molecule has 1 aliphatic heterocycles. The van der Waals surface area contributed by atoms with E-state index in [1.54, 1.807) is 19.2 Å². The van der Waals surface area contributed by atoms with Crippen molar-refractivity contribution < 1.29 is 4.39 Å². The van der Waals surface area contributed by atoms with E-state index < -0.39 is 0 Å². The van der Waals surface area contributed by atoms with Crippen molar-refractivity contribution in [2.24, 2.45) is 4.99 Å². The number of halogens is 2. The summed E-state index contributed by atoms with van der Waals surface area (Å²) < 4.78 is 13.0. The first kappa shape index (κ1) is 21.4. The van der Waals surface area contributed by atoms with Crippen LogP contribution in [0.3, 0.4) is 0 Å². The molecule has 1 aromatic carbocycles. The fourth-order valence-corrected chi connectivity index (χ4v) is 3.16. The van der Waals surface area contributed by atoms with Gasteiger partial charge in [0.25, 0.3) is 0 Å². The van der Waals surface area contributed by atoms with Crippen LogP contribution in [0.1, 0.15) is 24.0 Å². The molecule has 0 radical (unpaired) electrons. The van der Waals surface area contributed by atoms with Gasteiger partial charge in [0.15, 0.2) is 5.96 Å². The molecule has 7 heteroatoms. The van der Waals surface area contributed by atoms with Gasteiger partial charge in [0, 0.05) is 46.5 Å². The minimum absolute atomic E-state index is 0. The predicted octanol–water partition coefficient (Wildman–Crippen LogP) is 3.65. The number of nitrogens with one attached hydrogen (secondary N) is 1. The summed E-state index contributed by atoms with van der Waals surface area (Å²) in [6.45, 7) is 3.52. The van der Waals surface area contributed by atoms with Crippen LogP contribution in [0.25, 0.3) is 0 Å². The lowest BCUT2D eigenvalue weighted by Crippen LogP contribution is -2.38. The molecule has 2 heterocycles. The molecule has 146 valence electrons. The summed E-state index contributed by atoms with van der Waals surface area (Å²) in [6, 6.07) is 10.7. The third kappa shape index (κ3) is 6.05. The van der Waals surface area contributed by atoms with Crippen molar-refractivity contribution in [1.29, 1.82) is 0 Å². The van der Waals surface area contributed by atoms with Gasteiger partial charge in [0.2, 0.25) is 0 Å². The highest BCUT2D eigenvalue weighted by Crippen LogP contribution is 2.17. The van der Waals surface area contributed by atoms with E-state index in [1.165, 1.54) is 25.0 Å². The van der Waals surface area contributed by atoms with Crippen molar-refractivity contribution >= 4 is 35.8 Å². The molecule has 1 N–H and O–H groups in total. The minimum Gasteiger partial charge on any atom is -0.357 e. The standard InChI is InChI=1S/C20H26FN5.HI/c1-22-20(25(2)15-16-5-8-18(21)9-6-16)24-14-17-7-10-19(23-13-17)26-11-3-4-12-26;/h5-10,13H,3-4,11-12,14-15H2,1-2H3,(H,22,24);1H. The van der Waals surface area contributed by atoms with Crippen molar-refractivity contribution in [3.8, 4) is 0 Å².